The van der Waals surface area contributed by atoms with E-state index in [9.17, 15) is 9.59 Å². The third-order valence-electron chi connectivity index (χ3n) is 6.82. The second-order valence-electron chi connectivity index (χ2n) is 8.45. The highest BCUT2D eigenvalue weighted by molar-refractivity contribution is 5.93. The molecule has 2 amide bonds. The molecular weight excluding hydrogens is 338 g/mol. The van der Waals surface area contributed by atoms with Gasteiger partial charge in [0.05, 0.1) is 5.56 Å². The smallest absolute Gasteiger partial charge is 0.255 e. The minimum atomic E-state index is 0.108. The van der Waals surface area contributed by atoms with Crippen LogP contribution in [0.5, 0.6) is 0 Å². The number of pyridine rings is 1. The number of amides is 2. The molecule has 2 fully saturated rings. The lowest BCUT2D eigenvalue weighted by atomic mass is 9.65. The van der Waals surface area contributed by atoms with E-state index >= 15 is 0 Å². The Hall–Kier alpha value is -2.17. The molecule has 2 aliphatic heterocycles. The maximum atomic E-state index is 12.6. The van der Waals surface area contributed by atoms with E-state index in [1.54, 1.807) is 12.4 Å². The topological polar surface area (TPSA) is 53.5 Å². The van der Waals surface area contributed by atoms with E-state index in [0.717, 1.165) is 51.9 Å². The lowest BCUT2D eigenvalue weighted by molar-refractivity contribution is -0.131. The highest BCUT2D eigenvalue weighted by Gasteiger charge is 2.39. The first-order valence-electron chi connectivity index (χ1n) is 10.3. The van der Waals surface area contributed by atoms with Crippen LogP contribution in [0.3, 0.4) is 0 Å². The molecular formula is C22H29N3O2. The fourth-order valence-electron chi connectivity index (χ4n) is 4.91. The molecule has 3 heterocycles. The van der Waals surface area contributed by atoms with Crippen LogP contribution in [0.4, 0.5) is 0 Å². The van der Waals surface area contributed by atoms with Gasteiger partial charge in [0.1, 0.15) is 0 Å². The molecule has 4 rings (SSSR count). The van der Waals surface area contributed by atoms with Gasteiger partial charge in [-0.3, -0.25) is 14.6 Å². The van der Waals surface area contributed by atoms with E-state index in [2.05, 4.69) is 17.1 Å². The van der Waals surface area contributed by atoms with Gasteiger partial charge in [0, 0.05) is 45.0 Å². The van der Waals surface area contributed by atoms with Gasteiger partial charge in [-0.25, -0.2) is 0 Å². The van der Waals surface area contributed by atoms with Gasteiger partial charge in [0.25, 0.3) is 5.91 Å². The molecule has 0 bridgehead atoms. The average Bonchev–Trinajstić information content (AvgIpc) is 3.26. The van der Waals surface area contributed by atoms with Gasteiger partial charge >= 0.3 is 0 Å². The second-order valence-corrected chi connectivity index (χ2v) is 8.45. The molecule has 5 nitrogen and oxygen atoms in total. The molecule has 144 valence electrons. The molecule has 0 unspecified atom stereocenters. The first-order valence-corrected chi connectivity index (χ1v) is 10.3. The Morgan fingerprint density at radius 3 is 2.37 bits per heavy atom. The van der Waals surface area contributed by atoms with Crippen molar-refractivity contribution in [3.63, 3.8) is 0 Å². The lowest BCUT2D eigenvalue weighted by Gasteiger charge is -2.46. The van der Waals surface area contributed by atoms with Crippen molar-refractivity contribution in [1.29, 1.82) is 0 Å². The van der Waals surface area contributed by atoms with Gasteiger partial charge < -0.3 is 9.80 Å². The zero-order valence-electron chi connectivity index (χ0n) is 16.0. The zero-order valence-corrected chi connectivity index (χ0v) is 16.0. The molecule has 27 heavy (non-hydrogen) atoms. The molecule has 1 aromatic rings. The van der Waals surface area contributed by atoms with Crippen molar-refractivity contribution in [3.05, 3.63) is 42.2 Å². The molecule has 0 N–H and O–H groups in total. The van der Waals surface area contributed by atoms with E-state index in [0.29, 0.717) is 29.2 Å². The molecule has 0 atom stereocenters. The first kappa shape index (κ1) is 18.2. The number of carbonyl (C=O) groups is 2. The van der Waals surface area contributed by atoms with Gasteiger partial charge in [-0.2, -0.15) is 0 Å². The monoisotopic (exact) mass is 367 g/mol. The molecule has 1 spiro atoms. The van der Waals surface area contributed by atoms with Gasteiger partial charge in [0.2, 0.25) is 5.91 Å². The highest BCUT2D eigenvalue weighted by atomic mass is 16.2. The SMILES string of the molecule is O=C(CC1CCC2(CC1)CCN(C(=O)c1cccnc1)CC2)N1CC=CC1. The lowest BCUT2D eigenvalue weighted by Crippen LogP contribution is -2.44. The Bertz CT molecular complexity index is 690. The summed E-state index contributed by atoms with van der Waals surface area (Å²) in [6.45, 7) is 3.26. The van der Waals surface area contributed by atoms with Crippen LogP contribution in [0, 0.1) is 11.3 Å². The summed E-state index contributed by atoms with van der Waals surface area (Å²) in [5, 5.41) is 0. The molecule has 1 saturated heterocycles. The number of nitrogens with zero attached hydrogens (tertiary/aromatic N) is 3. The van der Waals surface area contributed by atoms with Crippen molar-refractivity contribution in [2.45, 2.75) is 44.9 Å². The van der Waals surface area contributed by atoms with E-state index in [1.807, 2.05) is 21.9 Å². The number of carbonyl (C=O) groups excluding carboxylic acids is 2. The number of likely N-dealkylation sites (tertiary alicyclic amines) is 1. The van der Waals surface area contributed by atoms with Crippen LogP contribution in [0.25, 0.3) is 0 Å². The van der Waals surface area contributed by atoms with Crippen LogP contribution in [0.1, 0.15) is 55.3 Å². The van der Waals surface area contributed by atoms with Gasteiger partial charge in [-0.1, -0.05) is 12.2 Å². The maximum Gasteiger partial charge on any atom is 0.255 e. The molecule has 0 aromatic carbocycles. The van der Waals surface area contributed by atoms with E-state index in [1.165, 1.54) is 12.8 Å². The minimum Gasteiger partial charge on any atom is -0.339 e. The number of rotatable bonds is 3. The van der Waals surface area contributed by atoms with Crippen LogP contribution in [-0.2, 0) is 4.79 Å². The third kappa shape index (κ3) is 4.07. The summed E-state index contributed by atoms with van der Waals surface area (Å²) in [5.41, 5.74) is 1.08. The van der Waals surface area contributed by atoms with Gasteiger partial charge in [-0.05, 0) is 62.0 Å². The largest absolute Gasteiger partial charge is 0.339 e. The predicted octanol–water partition coefficient (Wildman–Crippen LogP) is 3.28. The van der Waals surface area contributed by atoms with E-state index in [4.69, 9.17) is 0 Å². The number of hydrogen-bond acceptors (Lipinski definition) is 3. The Kier molecular flexibility index (Phi) is 5.28. The van der Waals surface area contributed by atoms with Crippen molar-refractivity contribution < 1.29 is 9.59 Å². The van der Waals surface area contributed by atoms with Crippen molar-refractivity contribution in [1.82, 2.24) is 14.8 Å². The molecule has 1 saturated carbocycles. The Labute approximate surface area is 161 Å². The molecule has 0 radical (unpaired) electrons. The maximum absolute atomic E-state index is 12.6. The van der Waals surface area contributed by atoms with Crippen molar-refractivity contribution in [3.8, 4) is 0 Å². The predicted molar refractivity (Wildman–Crippen MR) is 104 cm³/mol. The summed E-state index contributed by atoms with van der Waals surface area (Å²) in [6, 6.07) is 3.66. The summed E-state index contributed by atoms with van der Waals surface area (Å²) < 4.78 is 0. The summed E-state index contributed by atoms with van der Waals surface area (Å²) in [4.78, 5) is 33.0. The molecule has 3 aliphatic rings. The van der Waals surface area contributed by atoms with Crippen LogP contribution in [0.15, 0.2) is 36.7 Å². The van der Waals surface area contributed by atoms with Crippen LogP contribution >= 0.6 is 0 Å². The first-order chi connectivity index (χ1) is 13.2. The number of piperidine rings is 1. The summed E-state index contributed by atoms with van der Waals surface area (Å²) in [7, 11) is 0. The Balaban J connectivity index is 1.25. The van der Waals surface area contributed by atoms with Gasteiger partial charge in [0.15, 0.2) is 0 Å². The summed E-state index contributed by atoms with van der Waals surface area (Å²) in [6.07, 6.45) is 15.1. The third-order valence-corrected chi connectivity index (χ3v) is 6.82. The van der Waals surface area contributed by atoms with E-state index in [-0.39, 0.29) is 5.91 Å². The zero-order chi connectivity index (χ0) is 18.7. The average molecular weight is 367 g/mol. The minimum absolute atomic E-state index is 0.108. The van der Waals surface area contributed by atoms with Gasteiger partial charge in [-0.15, -0.1) is 0 Å². The summed E-state index contributed by atoms with van der Waals surface area (Å²) >= 11 is 0. The van der Waals surface area contributed by atoms with Crippen LogP contribution < -0.4 is 0 Å². The molecule has 1 aromatic heterocycles. The fourth-order valence-corrected chi connectivity index (χ4v) is 4.91. The van der Waals surface area contributed by atoms with Crippen molar-refractivity contribution >= 4 is 11.8 Å². The number of hydrogen-bond donors (Lipinski definition) is 0. The quantitative estimate of drug-likeness (QED) is 0.771. The Morgan fingerprint density at radius 1 is 1.04 bits per heavy atom. The van der Waals surface area contributed by atoms with Crippen molar-refractivity contribution in [2.24, 2.45) is 11.3 Å². The van der Waals surface area contributed by atoms with E-state index < -0.39 is 0 Å². The van der Waals surface area contributed by atoms with Crippen molar-refractivity contribution in [2.75, 3.05) is 26.2 Å². The number of aromatic nitrogens is 1. The normalized spacial score (nSPS) is 22.4. The molecule has 5 heteroatoms. The molecule has 1 aliphatic carbocycles. The summed E-state index contributed by atoms with van der Waals surface area (Å²) in [5.74, 6) is 0.966. The highest BCUT2D eigenvalue weighted by Crippen LogP contribution is 2.47. The van der Waals surface area contributed by atoms with Crippen LogP contribution in [0.2, 0.25) is 0 Å². The fraction of sp³-hybridized carbons (Fsp3) is 0.591. The standard InChI is InChI=1S/C22H29N3O2/c26-20(24-12-1-2-13-24)16-18-5-7-22(8-6-18)9-14-25(15-10-22)21(27)19-4-3-11-23-17-19/h1-4,11,17-18H,5-10,12-16H2. The van der Waals surface area contributed by atoms with Crippen LogP contribution in [-0.4, -0.2) is 52.8 Å². The Morgan fingerprint density at radius 2 is 1.74 bits per heavy atom. The second kappa shape index (κ2) is 7.83.